The molecule has 0 bridgehead atoms. The van der Waals surface area contributed by atoms with Crippen molar-refractivity contribution in [2.75, 3.05) is 12.3 Å². The molecule has 0 radical (unpaired) electrons. The van der Waals surface area contributed by atoms with Crippen LogP contribution < -0.4 is 11.3 Å². The van der Waals surface area contributed by atoms with Gasteiger partial charge >= 0.3 is 0 Å². The van der Waals surface area contributed by atoms with Crippen LogP contribution in [0.25, 0.3) is 0 Å². The maximum Gasteiger partial charge on any atom is 0.282 e. The molecule has 1 aliphatic heterocycles. The number of rotatable bonds is 3. The van der Waals surface area contributed by atoms with Gasteiger partial charge in [-0.2, -0.15) is 0 Å². The molecule has 0 aliphatic carbocycles. The zero-order chi connectivity index (χ0) is 11.5. The highest BCUT2D eigenvalue weighted by Gasteiger charge is 2.23. The quantitative estimate of drug-likeness (QED) is 0.481. The first-order valence-corrected chi connectivity index (χ1v) is 6.58. The molecule has 16 heavy (non-hydrogen) atoms. The number of amides is 2. The Hall–Kier alpha value is -1.05. The number of carbonyl (C=O) groups is 2. The summed E-state index contributed by atoms with van der Waals surface area (Å²) in [5.74, 6) is 5.61. The molecule has 2 amide bonds. The van der Waals surface area contributed by atoms with Crippen LogP contribution in [-0.2, 0) is 6.54 Å². The number of nitrogens with two attached hydrogens (primary N) is 1. The maximum atomic E-state index is 11.4. The van der Waals surface area contributed by atoms with Crippen LogP contribution in [0.2, 0.25) is 0 Å². The molecule has 1 fully saturated rings. The van der Waals surface area contributed by atoms with E-state index >= 15 is 0 Å². The fourth-order valence-corrected chi connectivity index (χ4v) is 3.14. The predicted octanol–water partition coefficient (Wildman–Crippen LogP) is 1.02. The molecule has 1 saturated heterocycles. The Kier molecular flexibility index (Phi) is 3.47. The number of carbonyl (C=O) groups excluding carboxylic acids is 2. The molecule has 2 heterocycles. The van der Waals surface area contributed by atoms with Crippen LogP contribution in [0.1, 0.15) is 15.2 Å². The fraction of sp³-hybridized carbons (Fsp3) is 0.333. The summed E-state index contributed by atoms with van der Waals surface area (Å²) in [4.78, 5) is 25.1. The third-order valence-electron chi connectivity index (χ3n) is 2.29. The Balaban J connectivity index is 2.12. The number of hydrogen-bond acceptors (Lipinski definition) is 5. The van der Waals surface area contributed by atoms with Crippen molar-refractivity contribution < 1.29 is 9.59 Å². The minimum atomic E-state index is -0.302. The molecular weight excluding hydrogens is 246 g/mol. The monoisotopic (exact) mass is 257 g/mol. The van der Waals surface area contributed by atoms with Crippen molar-refractivity contribution in [1.82, 2.24) is 10.3 Å². The third-order valence-corrected chi connectivity index (χ3v) is 4.14. The second kappa shape index (κ2) is 4.86. The smallest absolute Gasteiger partial charge is 0.282 e. The summed E-state index contributed by atoms with van der Waals surface area (Å²) >= 11 is 2.64. The van der Waals surface area contributed by atoms with Gasteiger partial charge in [0.2, 0.25) is 0 Å². The Labute approximate surface area is 101 Å². The number of thiophene rings is 1. The third kappa shape index (κ3) is 2.21. The van der Waals surface area contributed by atoms with Gasteiger partial charge in [0.05, 0.1) is 4.88 Å². The zero-order valence-electron chi connectivity index (χ0n) is 8.43. The van der Waals surface area contributed by atoms with Gasteiger partial charge < -0.3 is 4.90 Å². The van der Waals surface area contributed by atoms with Gasteiger partial charge in [-0.3, -0.25) is 15.0 Å². The van der Waals surface area contributed by atoms with Crippen LogP contribution in [-0.4, -0.2) is 28.3 Å². The van der Waals surface area contributed by atoms with E-state index in [0.717, 1.165) is 17.9 Å². The van der Waals surface area contributed by atoms with Crippen LogP contribution >= 0.6 is 23.1 Å². The van der Waals surface area contributed by atoms with Crippen LogP contribution in [0.15, 0.2) is 11.4 Å². The van der Waals surface area contributed by atoms with Crippen LogP contribution in [0.4, 0.5) is 4.79 Å². The molecule has 1 aromatic rings. The number of nitrogens with zero attached hydrogens (tertiary/aromatic N) is 1. The van der Waals surface area contributed by atoms with Crippen molar-refractivity contribution in [1.29, 1.82) is 0 Å². The van der Waals surface area contributed by atoms with Gasteiger partial charge in [-0.05, 0) is 17.0 Å². The van der Waals surface area contributed by atoms with E-state index < -0.39 is 0 Å². The van der Waals surface area contributed by atoms with Crippen molar-refractivity contribution in [3.8, 4) is 0 Å². The average Bonchev–Trinajstić information content (AvgIpc) is 2.88. The molecule has 0 spiro atoms. The van der Waals surface area contributed by atoms with Gasteiger partial charge in [-0.1, -0.05) is 11.8 Å². The molecule has 0 aromatic carbocycles. The average molecular weight is 257 g/mol. The van der Waals surface area contributed by atoms with Gasteiger partial charge in [-0.25, -0.2) is 5.84 Å². The van der Waals surface area contributed by atoms with Crippen LogP contribution in [0, 0.1) is 0 Å². The van der Waals surface area contributed by atoms with E-state index in [4.69, 9.17) is 5.84 Å². The summed E-state index contributed by atoms with van der Waals surface area (Å²) in [5.41, 5.74) is 2.96. The number of hydrogen-bond donors (Lipinski definition) is 2. The second-order valence-electron chi connectivity index (χ2n) is 3.28. The fourth-order valence-electron chi connectivity index (χ4n) is 1.50. The number of nitrogen functional groups attached to an aromatic ring is 1. The first-order valence-electron chi connectivity index (χ1n) is 4.71. The van der Waals surface area contributed by atoms with Gasteiger partial charge in [0.1, 0.15) is 0 Å². The van der Waals surface area contributed by atoms with E-state index in [0.29, 0.717) is 11.4 Å². The molecule has 1 aromatic heterocycles. The molecule has 0 unspecified atom stereocenters. The van der Waals surface area contributed by atoms with Gasteiger partial charge in [0.15, 0.2) is 0 Å². The van der Waals surface area contributed by atoms with Gasteiger partial charge in [-0.15, -0.1) is 11.3 Å². The lowest BCUT2D eigenvalue weighted by atomic mass is 10.2. The Morgan fingerprint density at radius 2 is 2.44 bits per heavy atom. The van der Waals surface area contributed by atoms with E-state index in [9.17, 15) is 9.59 Å². The highest BCUT2D eigenvalue weighted by atomic mass is 32.2. The lowest BCUT2D eigenvalue weighted by Gasteiger charge is -2.14. The highest BCUT2D eigenvalue weighted by Crippen LogP contribution is 2.23. The van der Waals surface area contributed by atoms with Crippen molar-refractivity contribution in [2.45, 2.75) is 6.54 Å². The topological polar surface area (TPSA) is 75.4 Å². The Morgan fingerprint density at radius 3 is 3.06 bits per heavy atom. The summed E-state index contributed by atoms with van der Waals surface area (Å²) in [7, 11) is 0. The zero-order valence-corrected chi connectivity index (χ0v) is 10.1. The molecule has 1 aliphatic rings. The normalized spacial score (nSPS) is 15.6. The van der Waals surface area contributed by atoms with E-state index in [1.165, 1.54) is 23.1 Å². The number of hydrazine groups is 1. The summed E-state index contributed by atoms with van der Waals surface area (Å²) in [6, 6.07) is 1.85. The summed E-state index contributed by atoms with van der Waals surface area (Å²) < 4.78 is 0. The molecular formula is C9H11N3O2S2. The SMILES string of the molecule is NNC(=O)c1sccc1CN1CCSC1=O. The molecule has 0 saturated carbocycles. The molecule has 3 N–H and O–H groups in total. The summed E-state index contributed by atoms with van der Waals surface area (Å²) in [6.07, 6.45) is 0. The first kappa shape index (κ1) is 11.4. The largest absolute Gasteiger partial charge is 0.328 e. The second-order valence-corrected chi connectivity index (χ2v) is 5.25. The van der Waals surface area contributed by atoms with Crippen LogP contribution in [0.5, 0.6) is 0 Å². The maximum absolute atomic E-state index is 11.4. The molecule has 86 valence electrons. The molecule has 2 rings (SSSR count). The molecule has 5 nitrogen and oxygen atoms in total. The lowest BCUT2D eigenvalue weighted by molar-refractivity contribution is 0.0956. The van der Waals surface area contributed by atoms with Crippen molar-refractivity contribution in [3.05, 3.63) is 21.9 Å². The van der Waals surface area contributed by atoms with E-state index in [-0.39, 0.29) is 11.1 Å². The number of nitrogens with one attached hydrogen (secondary N) is 1. The number of thioether (sulfide) groups is 1. The Bertz CT molecular complexity index is 419. The highest BCUT2D eigenvalue weighted by molar-refractivity contribution is 8.13. The minimum absolute atomic E-state index is 0.0744. The van der Waals surface area contributed by atoms with Crippen molar-refractivity contribution in [3.63, 3.8) is 0 Å². The van der Waals surface area contributed by atoms with E-state index in [2.05, 4.69) is 5.43 Å². The lowest BCUT2D eigenvalue weighted by Crippen LogP contribution is -2.31. The van der Waals surface area contributed by atoms with Crippen molar-refractivity contribution >= 4 is 34.2 Å². The predicted molar refractivity (Wildman–Crippen MR) is 64.2 cm³/mol. The first-order chi connectivity index (χ1) is 7.72. The van der Waals surface area contributed by atoms with Crippen molar-refractivity contribution in [2.24, 2.45) is 5.84 Å². The van der Waals surface area contributed by atoms with Gasteiger partial charge in [0, 0.05) is 18.8 Å². The Morgan fingerprint density at radius 1 is 1.62 bits per heavy atom. The van der Waals surface area contributed by atoms with Gasteiger partial charge in [0.25, 0.3) is 11.1 Å². The molecule has 7 heteroatoms. The van der Waals surface area contributed by atoms with E-state index in [1.54, 1.807) is 4.90 Å². The summed E-state index contributed by atoms with van der Waals surface area (Å²) in [6.45, 7) is 1.22. The minimum Gasteiger partial charge on any atom is -0.328 e. The van der Waals surface area contributed by atoms with Crippen LogP contribution in [0.3, 0.4) is 0 Å². The van der Waals surface area contributed by atoms with E-state index in [1.807, 2.05) is 11.4 Å². The molecule has 0 atom stereocenters. The standard InChI is InChI=1S/C9H11N3O2S2/c10-11-8(13)7-6(1-3-15-7)5-12-2-4-16-9(12)14/h1,3H,2,4-5,10H2,(H,11,13). The summed E-state index contributed by atoms with van der Waals surface area (Å²) in [5, 5.41) is 1.90.